The van der Waals surface area contributed by atoms with Crippen LogP contribution in [0.2, 0.25) is 5.02 Å². The van der Waals surface area contributed by atoms with Crippen molar-refractivity contribution < 1.29 is 4.79 Å². The average Bonchev–Trinajstić information content (AvgIpc) is 2.62. The Morgan fingerprint density at radius 3 is 2.08 bits per heavy atom. The molecule has 3 unspecified atom stereocenters. The fourth-order valence-electron chi connectivity index (χ4n) is 3.15. The SMILES string of the molecule is CC.CCC(C)CC(=O)NC(CC(C)C)C(C)(CC)c1ccc(Cl)cc1. The molecule has 0 bridgehead atoms. The van der Waals surface area contributed by atoms with Gasteiger partial charge in [-0.25, -0.2) is 0 Å². The molecule has 0 radical (unpaired) electrons. The number of halogens is 1. The smallest absolute Gasteiger partial charge is 0.220 e. The van der Waals surface area contributed by atoms with Gasteiger partial charge < -0.3 is 5.32 Å². The number of rotatable bonds is 9. The second-order valence-electron chi connectivity index (χ2n) is 7.75. The lowest BCUT2D eigenvalue weighted by Crippen LogP contribution is -2.49. The summed E-state index contributed by atoms with van der Waals surface area (Å²) in [7, 11) is 0. The van der Waals surface area contributed by atoms with Crippen molar-refractivity contribution >= 4 is 17.5 Å². The van der Waals surface area contributed by atoms with Gasteiger partial charge in [-0.2, -0.15) is 0 Å². The molecule has 0 aliphatic rings. The third-order valence-corrected chi connectivity index (χ3v) is 5.53. The maximum absolute atomic E-state index is 12.5. The topological polar surface area (TPSA) is 29.1 Å². The van der Waals surface area contributed by atoms with Gasteiger partial charge in [0.05, 0.1) is 0 Å². The lowest BCUT2D eigenvalue weighted by atomic mass is 9.71. The van der Waals surface area contributed by atoms with E-state index in [1.165, 1.54) is 5.56 Å². The number of amides is 1. The molecule has 3 heteroatoms. The molecule has 3 atom stereocenters. The van der Waals surface area contributed by atoms with E-state index in [1.807, 2.05) is 26.0 Å². The van der Waals surface area contributed by atoms with Crippen LogP contribution in [0.5, 0.6) is 0 Å². The van der Waals surface area contributed by atoms with Crippen LogP contribution in [0.25, 0.3) is 0 Å². The van der Waals surface area contributed by atoms with Crippen molar-refractivity contribution in [2.45, 2.75) is 92.5 Å². The van der Waals surface area contributed by atoms with E-state index in [2.05, 4.69) is 59.0 Å². The van der Waals surface area contributed by atoms with Gasteiger partial charge in [0.1, 0.15) is 0 Å². The van der Waals surface area contributed by atoms with Crippen LogP contribution in [0.1, 0.15) is 86.6 Å². The monoisotopic (exact) mass is 381 g/mol. The third-order valence-electron chi connectivity index (χ3n) is 5.28. The predicted molar refractivity (Wildman–Crippen MR) is 116 cm³/mol. The number of nitrogens with one attached hydrogen (secondary N) is 1. The molecule has 26 heavy (non-hydrogen) atoms. The van der Waals surface area contributed by atoms with Crippen molar-refractivity contribution in [3.63, 3.8) is 0 Å². The lowest BCUT2D eigenvalue weighted by molar-refractivity contribution is -0.123. The first kappa shape index (κ1) is 25.0. The molecule has 1 aromatic carbocycles. The van der Waals surface area contributed by atoms with E-state index in [0.29, 0.717) is 18.3 Å². The molecule has 0 fully saturated rings. The molecule has 1 amide bonds. The Kier molecular flexibility index (Phi) is 11.9. The van der Waals surface area contributed by atoms with Crippen LogP contribution in [0, 0.1) is 11.8 Å². The molecule has 0 saturated carbocycles. The van der Waals surface area contributed by atoms with Gasteiger partial charge in [-0.15, -0.1) is 0 Å². The summed E-state index contributed by atoms with van der Waals surface area (Å²) < 4.78 is 0. The highest BCUT2D eigenvalue weighted by Crippen LogP contribution is 2.35. The third kappa shape index (κ3) is 7.70. The van der Waals surface area contributed by atoms with Crippen LogP contribution < -0.4 is 5.32 Å². The molecule has 0 spiro atoms. The normalized spacial score (nSPS) is 15.5. The van der Waals surface area contributed by atoms with Crippen molar-refractivity contribution in [1.82, 2.24) is 5.32 Å². The summed E-state index contributed by atoms with van der Waals surface area (Å²) in [6.45, 7) is 17.1. The van der Waals surface area contributed by atoms with E-state index < -0.39 is 0 Å². The largest absolute Gasteiger partial charge is 0.352 e. The van der Waals surface area contributed by atoms with Gasteiger partial charge in [-0.3, -0.25) is 4.79 Å². The highest BCUT2D eigenvalue weighted by atomic mass is 35.5. The minimum absolute atomic E-state index is 0.0973. The summed E-state index contributed by atoms with van der Waals surface area (Å²) in [6.07, 6.45) is 3.57. The Hall–Kier alpha value is -1.02. The fourth-order valence-corrected chi connectivity index (χ4v) is 3.27. The van der Waals surface area contributed by atoms with Gasteiger partial charge in [-0.1, -0.05) is 85.5 Å². The van der Waals surface area contributed by atoms with Gasteiger partial charge in [0, 0.05) is 22.9 Å². The Bertz CT molecular complexity index is 511. The van der Waals surface area contributed by atoms with E-state index in [9.17, 15) is 4.79 Å². The Balaban J connectivity index is 0.00000301. The standard InChI is InChI=1S/C21H34ClNO.C2H6/c1-7-16(5)14-20(24)23-19(13-15(3)4)21(6,8-2)17-9-11-18(22)12-10-17;1-2/h9-12,15-16,19H,7-8,13-14H2,1-6H3,(H,23,24);1-2H3. The van der Waals surface area contributed by atoms with Gasteiger partial charge in [0.2, 0.25) is 5.91 Å². The summed E-state index contributed by atoms with van der Waals surface area (Å²) in [5, 5.41) is 4.09. The van der Waals surface area contributed by atoms with Crippen molar-refractivity contribution in [3.8, 4) is 0 Å². The fraction of sp³-hybridized carbons (Fsp3) is 0.696. The summed E-state index contributed by atoms with van der Waals surface area (Å²) in [4.78, 5) is 12.5. The molecule has 150 valence electrons. The first-order valence-corrected chi connectivity index (χ1v) is 10.7. The minimum atomic E-state index is -0.0973. The van der Waals surface area contributed by atoms with Crippen molar-refractivity contribution in [2.75, 3.05) is 0 Å². The number of hydrogen-bond acceptors (Lipinski definition) is 1. The Morgan fingerprint density at radius 1 is 1.12 bits per heavy atom. The van der Waals surface area contributed by atoms with E-state index in [0.717, 1.165) is 24.3 Å². The predicted octanol–water partition coefficient (Wildman–Crippen LogP) is 7.00. The number of hydrogen-bond donors (Lipinski definition) is 1. The van der Waals surface area contributed by atoms with Crippen molar-refractivity contribution in [3.05, 3.63) is 34.9 Å². The molecule has 0 aliphatic carbocycles. The van der Waals surface area contributed by atoms with Crippen LogP contribution in [0.4, 0.5) is 0 Å². The van der Waals surface area contributed by atoms with Gasteiger partial charge in [0.15, 0.2) is 0 Å². The van der Waals surface area contributed by atoms with E-state index in [-0.39, 0.29) is 17.4 Å². The van der Waals surface area contributed by atoms with E-state index in [1.54, 1.807) is 0 Å². The molecule has 1 rings (SSSR count). The second kappa shape index (κ2) is 12.4. The maximum Gasteiger partial charge on any atom is 0.220 e. The Morgan fingerprint density at radius 2 is 1.65 bits per heavy atom. The molecule has 1 aromatic rings. The van der Waals surface area contributed by atoms with Crippen LogP contribution in [-0.2, 0) is 10.2 Å². The second-order valence-corrected chi connectivity index (χ2v) is 8.18. The number of benzene rings is 1. The van der Waals surface area contributed by atoms with Gasteiger partial charge in [-0.05, 0) is 42.4 Å². The Labute approximate surface area is 167 Å². The minimum Gasteiger partial charge on any atom is -0.352 e. The van der Waals surface area contributed by atoms with Crippen LogP contribution in [0.3, 0.4) is 0 Å². The van der Waals surface area contributed by atoms with Crippen LogP contribution in [-0.4, -0.2) is 11.9 Å². The molecule has 0 heterocycles. The van der Waals surface area contributed by atoms with Gasteiger partial charge >= 0.3 is 0 Å². The summed E-state index contributed by atoms with van der Waals surface area (Å²) in [5.41, 5.74) is 1.14. The zero-order valence-electron chi connectivity index (χ0n) is 18.2. The highest BCUT2D eigenvalue weighted by molar-refractivity contribution is 6.30. The van der Waals surface area contributed by atoms with Crippen molar-refractivity contribution in [1.29, 1.82) is 0 Å². The summed E-state index contributed by atoms with van der Waals surface area (Å²) >= 11 is 6.06. The number of carbonyl (C=O) groups excluding carboxylic acids is 1. The van der Waals surface area contributed by atoms with Crippen LogP contribution in [0.15, 0.2) is 24.3 Å². The molecular weight excluding hydrogens is 342 g/mol. The lowest BCUT2D eigenvalue weighted by Gasteiger charge is -2.39. The van der Waals surface area contributed by atoms with Crippen LogP contribution >= 0.6 is 11.6 Å². The summed E-state index contributed by atoms with van der Waals surface area (Å²) in [6, 6.07) is 8.20. The molecule has 0 aliphatic heterocycles. The first-order valence-electron chi connectivity index (χ1n) is 10.3. The molecule has 1 N–H and O–H groups in total. The van der Waals surface area contributed by atoms with E-state index >= 15 is 0 Å². The summed E-state index contributed by atoms with van der Waals surface area (Å²) in [5.74, 6) is 1.12. The van der Waals surface area contributed by atoms with E-state index in [4.69, 9.17) is 11.6 Å². The molecule has 0 aromatic heterocycles. The quantitative estimate of drug-likeness (QED) is 0.490. The highest BCUT2D eigenvalue weighted by Gasteiger charge is 2.35. The molecular formula is C23H40ClNO. The maximum atomic E-state index is 12.5. The zero-order valence-corrected chi connectivity index (χ0v) is 18.9. The van der Waals surface area contributed by atoms with Crippen molar-refractivity contribution in [2.24, 2.45) is 11.8 Å². The van der Waals surface area contributed by atoms with Gasteiger partial charge in [0.25, 0.3) is 0 Å². The first-order chi connectivity index (χ1) is 12.2. The molecule has 2 nitrogen and oxygen atoms in total. The zero-order chi connectivity index (χ0) is 20.3. The molecule has 0 saturated heterocycles. The number of carbonyl (C=O) groups is 1. The average molecular weight is 382 g/mol.